The van der Waals surface area contributed by atoms with Crippen molar-refractivity contribution in [3.8, 4) is 16.9 Å². The van der Waals surface area contributed by atoms with Gasteiger partial charge in [-0.2, -0.15) is 5.10 Å². The fourth-order valence-corrected chi connectivity index (χ4v) is 3.51. The van der Waals surface area contributed by atoms with E-state index in [0.29, 0.717) is 37.2 Å². The molecular formula is C25H23FN2O3. The van der Waals surface area contributed by atoms with E-state index in [2.05, 4.69) is 10.2 Å². The molecule has 1 aromatic heterocycles. The highest BCUT2D eigenvalue weighted by Gasteiger charge is 2.11. The smallest absolute Gasteiger partial charge is 0.305 e. The average Bonchev–Trinajstić information content (AvgIpc) is 3.27. The predicted molar refractivity (Wildman–Crippen MR) is 117 cm³/mol. The van der Waals surface area contributed by atoms with Crippen molar-refractivity contribution in [3.63, 3.8) is 0 Å². The average molecular weight is 418 g/mol. The Labute approximate surface area is 179 Å². The van der Waals surface area contributed by atoms with Gasteiger partial charge >= 0.3 is 5.97 Å². The van der Waals surface area contributed by atoms with Crippen molar-refractivity contribution in [1.29, 1.82) is 0 Å². The summed E-state index contributed by atoms with van der Waals surface area (Å²) in [4.78, 5) is 11.5. The Morgan fingerprint density at radius 3 is 2.77 bits per heavy atom. The highest BCUT2D eigenvalue weighted by Crippen LogP contribution is 2.33. The molecule has 3 aromatic carbocycles. The molecule has 4 rings (SSSR count). The number of benzene rings is 3. The van der Waals surface area contributed by atoms with Gasteiger partial charge in [0.1, 0.15) is 11.6 Å². The minimum Gasteiger partial charge on any atom is -0.493 e. The summed E-state index contributed by atoms with van der Waals surface area (Å²) in [6.07, 6.45) is 3.13. The molecule has 0 bridgehead atoms. The Kier molecular flexibility index (Phi) is 6.26. The van der Waals surface area contributed by atoms with E-state index in [9.17, 15) is 9.18 Å². The SMILES string of the molecule is COC(=O)CCc1ccc(OCCc2ccccc2F)c(-c2ccc3[nH]ncc3c2)c1. The molecule has 0 atom stereocenters. The van der Waals surface area contributed by atoms with Crippen LogP contribution in [0, 0.1) is 5.82 Å². The molecule has 1 heterocycles. The van der Waals surface area contributed by atoms with E-state index >= 15 is 0 Å². The van der Waals surface area contributed by atoms with Crippen LogP contribution in [0.25, 0.3) is 22.0 Å². The van der Waals surface area contributed by atoms with Gasteiger partial charge in [-0.05, 0) is 53.4 Å². The first kappa shape index (κ1) is 20.6. The molecule has 5 nitrogen and oxygen atoms in total. The molecule has 0 aliphatic rings. The second kappa shape index (κ2) is 9.43. The zero-order valence-corrected chi connectivity index (χ0v) is 17.2. The summed E-state index contributed by atoms with van der Waals surface area (Å²) in [6.45, 7) is 0.351. The highest BCUT2D eigenvalue weighted by molar-refractivity contribution is 5.85. The summed E-state index contributed by atoms with van der Waals surface area (Å²) in [6, 6.07) is 18.6. The minimum atomic E-state index is -0.244. The zero-order valence-electron chi connectivity index (χ0n) is 17.2. The van der Waals surface area contributed by atoms with Crippen LogP contribution in [0.1, 0.15) is 17.5 Å². The first-order valence-electron chi connectivity index (χ1n) is 10.1. The van der Waals surface area contributed by atoms with Crippen LogP contribution in [-0.4, -0.2) is 29.9 Å². The highest BCUT2D eigenvalue weighted by atomic mass is 19.1. The van der Waals surface area contributed by atoms with Gasteiger partial charge in [0.2, 0.25) is 0 Å². The summed E-state index contributed by atoms with van der Waals surface area (Å²) < 4.78 is 24.7. The molecule has 0 saturated heterocycles. The Balaban J connectivity index is 1.59. The van der Waals surface area contributed by atoms with Crippen LogP contribution >= 0.6 is 0 Å². The number of nitrogens with zero attached hydrogens (tertiary/aromatic N) is 1. The second-order valence-corrected chi connectivity index (χ2v) is 7.27. The number of ether oxygens (including phenoxy) is 2. The van der Waals surface area contributed by atoms with Crippen molar-refractivity contribution in [2.24, 2.45) is 0 Å². The normalized spacial score (nSPS) is 10.9. The maximum Gasteiger partial charge on any atom is 0.305 e. The Bertz CT molecular complexity index is 1200. The third-order valence-electron chi connectivity index (χ3n) is 5.23. The number of esters is 1. The van der Waals surface area contributed by atoms with Gasteiger partial charge in [-0.25, -0.2) is 4.39 Å². The number of methoxy groups -OCH3 is 1. The summed E-state index contributed by atoms with van der Waals surface area (Å²) in [5.74, 6) is 0.238. The summed E-state index contributed by atoms with van der Waals surface area (Å²) in [5.41, 5.74) is 4.48. The van der Waals surface area contributed by atoms with Crippen molar-refractivity contribution in [1.82, 2.24) is 10.2 Å². The van der Waals surface area contributed by atoms with E-state index in [1.807, 2.05) is 42.5 Å². The Morgan fingerprint density at radius 1 is 1.06 bits per heavy atom. The van der Waals surface area contributed by atoms with Crippen LogP contribution in [-0.2, 0) is 22.4 Å². The predicted octanol–water partition coefficient (Wildman–Crippen LogP) is 5.10. The molecule has 6 heteroatoms. The second-order valence-electron chi connectivity index (χ2n) is 7.27. The largest absolute Gasteiger partial charge is 0.493 e. The number of fused-ring (bicyclic) bond motifs is 1. The third kappa shape index (κ3) is 4.91. The summed E-state index contributed by atoms with van der Waals surface area (Å²) >= 11 is 0. The Hall–Kier alpha value is -3.67. The van der Waals surface area contributed by atoms with E-state index in [4.69, 9.17) is 9.47 Å². The maximum absolute atomic E-state index is 13.9. The molecular weight excluding hydrogens is 395 g/mol. The number of nitrogens with one attached hydrogen (secondary N) is 1. The monoisotopic (exact) mass is 418 g/mol. The van der Waals surface area contributed by atoms with Gasteiger partial charge in [0.25, 0.3) is 0 Å². The van der Waals surface area contributed by atoms with E-state index in [1.165, 1.54) is 13.2 Å². The van der Waals surface area contributed by atoms with Crippen LogP contribution in [0.5, 0.6) is 5.75 Å². The van der Waals surface area contributed by atoms with Gasteiger partial charge in [0, 0.05) is 23.8 Å². The van der Waals surface area contributed by atoms with Crippen molar-refractivity contribution in [2.75, 3.05) is 13.7 Å². The van der Waals surface area contributed by atoms with Crippen LogP contribution in [0.4, 0.5) is 4.39 Å². The van der Waals surface area contributed by atoms with Gasteiger partial charge in [0.15, 0.2) is 0 Å². The van der Waals surface area contributed by atoms with Crippen molar-refractivity contribution >= 4 is 16.9 Å². The molecule has 0 aliphatic heterocycles. The van der Waals surface area contributed by atoms with Crippen LogP contribution in [0.2, 0.25) is 0 Å². The standard InChI is InChI=1S/C25H23FN2O3/c1-30-25(29)11-7-17-6-10-24(31-13-12-18-4-2-3-5-22(18)26)21(14-17)19-8-9-23-20(15-19)16-27-28-23/h2-6,8-10,14-16H,7,11-13H2,1H3,(H,27,28). The van der Waals surface area contributed by atoms with Crippen LogP contribution < -0.4 is 4.74 Å². The fraction of sp³-hybridized carbons (Fsp3) is 0.200. The lowest BCUT2D eigenvalue weighted by Crippen LogP contribution is -2.05. The summed E-state index contributed by atoms with van der Waals surface area (Å²) in [7, 11) is 1.39. The molecule has 4 aromatic rings. The molecule has 0 amide bonds. The van der Waals surface area contributed by atoms with E-state index in [-0.39, 0.29) is 11.8 Å². The molecule has 0 unspecified atom stereocenters. The number of halogens is 1. The van der Waals surface area contributed by atoms with Crippen LogP contribution in [0.3, 0.4) is 0 Å². The fourth-order valence-electron chi connectivity index (χ4n) is 3.51. The van der Waals surface area contributed by atoms with Gasteiger partial charge in [-0.3, -0.25) is 9.89 Å². The zero-order chi connectivity index (χ0) is 21.6. The third-order valence-corrected chi connectivity index (χ3v) is 5.23. The number of hydrogen-bond donors (Lipinski definition) is 1. The number of rotatable bonds is 8. The van der Waals surface area contributed by atoms with Gasteiger partial charge in [-0.1, -0.05) is 30.3 Å². The number of carbonyl (C=O) groups excluding carboxylic acids is 1. The van der Waals surface area contributed by atoms with Crippen molar-refractivity contribution in [2.45, 2.75) is 19.3 Å². The first-order chi connectivity index (χ1) is 15.1. The van der Waals surface area contributed by atoms with Crippen molar-refractivity contribution in [3.05, 3.63) is 83.8 Å². The lowest BCUT2D eigenvalue weighted by molar-refractivity contribution is -0.140. The molecule has 0 aliphatic carbocycles. The number of aryl methyl sites for hydroxylation is 1. The van der Waals surface area contributed by atoms with E-state index in [1.54, 1.807) is 18.3 Å². The molecule has 0 fully saturated rings. The molecule has 158 valence electrons. The minimum absolute atomic E-state index is 0.227. The van der Waals surface area contributed by atoms with Gasteiger partial charge < -0.3 is 9.47 Å². The molecule has 0 spiro atoms. The number of hydrogen-bond acceptors (Lipinski definition) is 4. The maximum atomic E-state index is 13.9. The lowest BCUT2D eigenvalue weighted by atomic mass is 9.99. The Morgan fingerprint density at radius 2 is 1.94 bits per heavy atom. The number of aromatic amines is 1. The molecule has 0 saturated carbocycles. The van der Waals surface area contributed by atoms with Crippen LogP contribution in [0.15, 0.2) is 66.9 Å². The number of H-pyrrole nitrogens is 1. The lowest BCUT2D eigenvalue weighted by Gasteiger charge is -2.14. The van der Waals surface area contributed by atoms with Crippen molar-refractivity contribution < 1.29 is 18.7 Å². The molecule has 31 heavy (non-hydrogen) atoms. The van der Waals surface area contributed by atoms with Gasteiger partial charge in [0.05, 0.1) is 25.4 Å². The molecule has 0 radical (unpaired) electrons. The molecule has 1 N–H and O–H groups in total. The van der Waals surface area contributed by atoms with Gasteiger partial charge in [-0.15, -0.1) is 0 Å². The topological polar surface area (TPSA) is 64.2 Å². The first-order valence-corrected chi connectivity index (χ1v) is 10.1. The van der Waals surface area contributed by atoms with E-state index < -0.39 is 0 Å². The van der Waals surface area contributed by atoms with E-state index in [0.717, 1.165) is 27.6 Å². The number of carbonyl (C=O) groups is 1. The summed E-state index contributed by atoms with van der Waals surface area (Å²) in [5, 5.41) is 8.03. The quantitative estimate of drug-likeness (QED) is 0.405. The number of aromatic nitrogens is 2.